The molecular formula is C9H17NO4. The molecule has 1 aliphatic rings. The molecule has 0 radical (unpaired) electrons. The van der Waals surface area contributed by atoms with Gasteiger partial charge in [0.2, 0.25) is 0 Å². The van der Waals surface area contributed by atoms with Gasteiger partial charge in [-0.3, -0.25) is 9.69 Å². The molecule has 14 heavy (non-hydrogen) atoms. The minimum absolute atomic E-state index is 0.133. The Bertz CT molecular complexity index is 197. The van der Waals surface area contributed by atoms with Crippen LogP contribution in [0, 0.1) is 0 Å². The summed E-state index contributed by atoms with van der Waals surface area (Å²) in [6.45, 7) is 1.20. The molecule has 0 aromatic heterocycles. The number of nitrogens with zero attached hydrogens (tertiary/aromatic N) is 1. The van der Waals surface area contributed by atoms with Gasteiger partial charge in [0.05, 0.1) is 6.10 Å². The van der Waals surface area contributed by atoms with Crippen LogP contribution >= 0.6 is 0 Å². The third-order valence-corrected chi connectivity index (χ3v) is 2.52. The van der Waals surface area contributed by atoms with E-state index < -0.39 is 18.1 Å². The van der Waals surface area contributed by atoms with Gasteiger partial charge >= 0.3 is 5.97 Å². The number of aliphatic carboxylic acids is 1. The molecule has 0 aromatic rings. The fraction of sp³-hybridized carbons (Fsp3) is 0.889. The third kappa shape index (κ3) is 2.94. The first-order valence-electron chi connectivity index (χ1n) is 4.91. The van der Waals surface area contributed by atoms with Crippen molar-refractivity contribution in [1.82, 2.24) is 4.90 Å². The van der Waals surface area contributed by atoms with Gasteiger partial charge in [-0.25, -0.2) is 0 Å². The van der Waals surface area contributed by atoms with Crippen molar-refractivity contribution >= 4 is 5.97 Å². The second-order valence-electron chi connectivity index (χ2n) is 3.67. The standard InChI is InChI=1S/C9H17NO4/c11-4-2-1-3-10-6-7(12)5-8(10)9(13)14/h7-8,11-12H,1-6H2,(H,13,14). The summed E-state index contributed by atoms with van der Waals surface area (Å²) in [4.78, 5) is 12.6. The van der Waals surface area contributed by atoms with E-state index in [0.29, 0.717) is 25.9 Å². The topological polar surface area (TPSA) is 81.0 Å². The van der Waals surface area contributed by atoms with Crippen LogP contribution in [0.5, 0.6) is 0 Å². The minimum atomic E-state index is -0.870. The first-order valence-corrected chi connectivity index (χ1v) is 4.91. The van der Waals surface area contributed by atoms with E-state index in [1.165, 1.54) is 0 Å². The zero-order chi connectivity index (χ0) is 10.6. The van der Waals surface area contributed by atoms with Crippen LogP contribution in [0.1, 0.15) is 19.3 Å². The van der Waals surface area contributed by atoms with E-state index in [9.17, 15) is 9.90 Å². The largest absolute Gasteiger partial charge is 0.480 e. The lowest BCUT2D eigenvalue weighted by Crippen LogP contribution is -2.36. The second-order valence-corrected chi connectivity index (χ2v) is 3.67. The van der Waals surface area contributed by atoms with Crippen molar-refractivity contribution in [2.45, 2.75) is 31.4 Å². The van der Waals surface area contributed by atoms with Crippen molar-refractivity contribution in [2.24, 2.45) is 0 Å². The van der Waals surface area contributed by atoms with Crippen molar-refractivity contribution in [2.75, 3.05) is 19.7 Å². The van der Waals surface area contributed by atoms with Crippen molar-refractivity contribution in [1.29, 1.82) is 0 Å². The lowest BCUT2D eigenvalue weighted by atomic mass is 10.2. The first kappa shape index (κ1) is 11.4. The second kappa shape index (κ2) is 5.29. The number of unbranched alkanes of at least 4 members (excludes halogenated alkanes) is 1. The lowest BCUT2D eigenvalue weighted by Gasteiger charge is -2.20. The van der Waals surface area contributed by atoms with Gasteiger partial charge in [-0.05, 0) is 19.4 Å². The monoisotopic (exact) mass is 203 g/mol. The summed E-state index contributed by atoms with van der Waals surface area (Å²) >= 11 is 0. The van der Waals surface area contributed by atoms with E-state index in [1.807, 2.05) is 0 Å². The maximum atomic E-state index is 10.8. The summed E-state index contributed by atoms with van der Waals surface area (Å²) in [5, 5.41) is 26.8. The van der Waals surface area contributed by atoms with Gasteiger partial charge in [0.1, 0.15) is 6.04 Å². The number of β-amino-alcohol motifs (C(OH)–C–C–N with tert-alkyl or cyclic N) is 1. The first-order chi connectivity index (χ1) is 6.65. The van der Waals surface area contributed by atoms with Crippen molar-refractivity contribution in [3.8, 4) is 0 Å². The number of hydrogen-bond acceptors (Lipinski definition) is 4. The van der Waals surface area contributed by atoms with Crippen molar-refractivity contribution in [3.63, 3.8) is 0 Å². The van der Waals surface area contributed by atoms with Crippen LogP contribution in [0.2, 0.25) is 0 Å². The maximum absolute atomic E-state index is 10.8. The number of likely N-dealkylation sites (tertiary alicyclic amines) is 1. The number of aliphatic hydroxyl groups is 2. The van der Waals surface area contributed by atoms with Gasteiger partial charge in [-0.2, -0.15) is 0 Å². The number of hydrogen-bond donors (Lipinski definition) is 3. The zero-order valence-corrected chi connectivity index (χ0v) is 8.09. The van der Waals surface area contributed by atoms with Gasteiger partial charge in [-0.15, -0.1) is 0 Å². The Balaban J connectivity index is 2.37. The van der Waals surface area contributed by atoms with Gasteiger partial charge < -0.3 is 15.3 Å². The molecule has 1 saturated heterocycles. The molecule has 0 amide bonds. The molecule has 1 rings (SSSR count). The molecule has 0 saturated carbocycles. The third-order valence-electron chi connectivity index (χ3n) is 2.52. The van der Waals surface area contributed by atoms with Crippen LogP contribution in [-0.2, 0) is 4.79 Å². The Hall–Kier alpha value is -0.650. The van der Waals surface area contributed by atoms with Crippen LogP contribution in [0.25, 0.3) is 0 Å². The van der Waals surface area contributed by atoms with Crippen LogP contribution in [0.15, 0.2) is 0 Å². The molecule has 0 aromatic carbocycles. The predicted octanol–water partition coefficient (Wildman–Crippen LogP) is -0.721. The molecule has 3 N–H and O–H groups in total. The molecule has 5 heteroatoms. The van der Waals surface area contributed by atoms with E-state index in [1.54, 1.807) is 4.90 Å². The summed E-state index contributed by atoms with van der Waals surface area (Å²) in [5.41, 5.74) is 0. The Labute approximate surface area is 83.0 Å². The summed E-state index contributed by atoms with van der Waals surface area (Å²) < 4.78 is 0. The lowest BCUT2D eigenvalue weighted by molar-refractivity contribution is -0.142. The highest BCUT2D eigenvalue weighted by Crippen LogP contribution is 2.18. The summed E-state index contributed by atoms with van der Waals surface area (Å²) in [6, 6.07) is -0.552. The highest BCUT2D eigenvalue weighted by Gasteiger charge is 2.35. The molecule has 0 aliphatic carbocycles. The molecule has 1 fully saturated rings. The minimum Gasteiger partial charge on any atom is -0.480 e. The summed E-state index contributed by atoms with van der Waals surface area (Å²) in [6.07, 6.45) is 1.24. The molecule has 2 unspecified atom stereocenters. The van der Waals surface area contributed by atoms with Crippen molar-refractivity contribution < 1.29 is 20.1 Å². The SMILES string of the molecule is O=C(O)C1CC(O)CN1CCCCO. The molecule has 0 bridgehead atoms. The number of rotatable bonds is 5. The summed E-state index contributed by atoms with van der Waals surface area (Å²) in [5.74, 6) is -0.870. The number of carboxylic acids is 1. The molecule has 2 atom stereocenters. The van der Waals surface area contributed by atoms with E-state index in [0.717, 1.165) is 6.42 Å². The van der Waals surface area contributed by atoms with Crippen LogP contribution < -0.4 is 0 Å². The van der Waals surface area contributed by atoms with Gasteiger partial charge in [0.15, 0.2) is 0 Å². The smallest absolute Gasteiger partial charge is 0.321 e. The average molecular weight is 203 g/mol. The van der Waals surface area contributed by atoms with Gasteiger partial charge in [0.25, 0.3) is 0 Å². The Morgan fingerprint density at radius 2 is 2.14 bits per heavy atom. The predicted molar refractivity (Wildman–Crippen MR) is 49.9 cm³/mol. The zero-order valence-electron chi connectivity index (χ0n) is 8.09. The Morgan fingerprint density at radius 3 is 2.71 bits per heavy atom. The quantitative estimate of drug-likeness (QED) is 0.514. The fourth-order valence-electron chi connectivity index (χ4n) is 1.81. The van der Waals surface area contributed by atoms with E-state index in [2.05, 4.69) is 0 Å². The number of carbonyl (C=O) groups is 1. The normalized spacial score (nSPS) is 28.1. The fourth-order valence-corrected chi connectivity index (χ4v) is 1.81. The van der Waals surface area contributed by atoms with Gasteiger partial charge in [0, 0.05) is 19.6 Å². The average Bonchev–Trinajstić information content (AvgIpc) is 2.47. The molecule has 5 nitrogen and oxygen atoms in total. The maximum Gasteiger partial charge on any atom is 0.321 e. The molecule has 1 aliphatic heterocycles. The Kier molecular flexibility index (Phi) is 4.31. The van der Waals surface area contributed by atoms with Crippen LogP contribution in [0.3, 0.4) is 0 Å². The van der Waals surface area contributed by atoms with E-state index in [-0.39, 0.29) is 6.61 Å². The number of carboxylic acid groups (broad SMARTS) is 1. The molecule has 0 spiro atoms. The highest BCUT2D eigenvalue weighted by molar-refractivity contribution is 5.74. The van der Waals surface area contributed by atoms with Gasteiger partial charge in [-0.1, -0.05) is 0 Å². The summed E-state index contributed by atoms with van der Waals surface area (Å²) in [7, 11) is 0. The van der Waals surface area contributed by atoms with Crippen molar-refractivity contribution in [3.05, 3.63) is 0 Å². The van der Waals surface area contributed by atoms with Crippen LogP contribution in [-0.4, -0.2) is 58.0 Å². The van der Waals surface area contributed by atoms with E-state index in [4.69, 9.17) is 10.2 Å². The van der Waals surface area contributed by atoms with E-state index >= 15 is 0 Å². The molecule has 82 valence electrons. The molecule has 1 heterocycles. The highest BCUT2D eigenvalue weighted by atomic mass is 16.4. The van der Waals surface area contributed by atoms with Crippen LogP contribution in [0.4, 0.5) is 0 Å². The number of aliphatic hydroxyl groups excluding tert-OH is 2. The Morgan fingerprint density at radius 1 is 1.43 bits per heavy atom. The molecular weight excluding hydrogens is 186 g/mol.